The Morgan fingerprint density at radius 1 is 1.15 bits per heavy atom. The van der Waals surface area contributed by atoms with Gasteiger partial charge in [-0.2, -0.15) is 15.0 Å². The first-order chi connectivity index (χ1) is 19.3. The van der Waals surface area contributed by atoms with Gasteiger partial charge < -0.3 is 20.8 Å². The number of nitrogens with zero attached hydrogens (tertiary/aromatic N) is 5. The molecule has 1 saturated heterocycles. The molecule has 2 aliphatic rings. The number of benzene rings is 2. The fourth-order valence-electron chi connectivity index (χ4n) is 5.31. The fraction of sp³-hybridized carbons (Fsp3) is 0.259. The second-order valence-corrected chi connectivity index (χ2v) is 9.81. The van der Waals surface area contributed by atoms with E-state index >= 15 is 0 Å². The van der Waals surface area contributed by atoms with Crippen LogP contribution in [0.1, 0.15) is 46.8 Å². The van der Waals surface area contributed by atoms with Crippen LogP contribution in [-0.2, 0) is 28.4 Å². The van der Waals surface area contributed by atoms with Crippen molar-refractivity contribution >= 4 is 34.8 Å². The monoisotopic (exact) mass is 542 g/mol. The lowest BCUT2D eigenvalue weighted by molar-refractivity contribution is -0.189. The van der Waals surface area contributed by atoms with Gasteiger partial charge in [0.05, 0.1) is 6.33 Å². The lowest BCUT2D eigenvalue weighted by atomic mass is 10.0. The van der Waals surface area contributed by atoms with Gasteiger partial charge in [-0.15, -0.1) is 0 Å². The van der Waals surface area contributed by atoms with Crippen LogP contribution in [0, 0.1) is 0 Å². The zero-order valence-electron chi connectivity index (χ0n) is 21.5. The average molecular weight is 543 g/mol. The summed E-state index contributed by atoms with van der Waals surface area (Å²) in [6, 6.07) is 13.4. The van der Waals surface area contributed by atoms with E-state index in [1.165, 1.54) is 11.2 Å². The number of nitrogens with one attached hydrogen (secondary N) is 2. The maximum Gasteiger partial charge on any atom is 0.271 e. The molecule has 2 atom stereocenters. The molecule has 6 rings (SSSR count). The van der Waals surface area contributed by atoms with E-state index in [0.29, 0.717) is 27.4 Å². The molecule has 1 fully saturated rings. The van der Waals surface area contributed by atoms with Crippen LogP contribution in [-0.4, -0.2) is 58.9 Å². The van der Waals surface area contributed by atoms with Crippen molar-refractivity contribution in [2.24, 2.45) is 0 Å². The number of carbonyl (C=O) groups excluding carboxylic acids is 3. The highest BCUT2D eigenvalue weighted by Crippen LogP contribution is 2.47. The molecular formula is C27H26N8O5. The first kappa shape index (κ1) is 25.2. The number of ether oxygens (including phenoxy) is 1. The maximum absolute atomic E-state index is 13.1. The van der Waals surface area contributed by atoms with E-state index in [9.17, 15) is 19.6 Å². The standard InChI is InChI=1S/C27H26N8O5/c1-27-18-5-3-2-4-17(18)24(37)34(27)19(25(38)35(27)39)10-11-20(36)29-12-15-6-8-16(9-7-15)13-40-23-21-22(31-14-30-21)32-26(28)33-23/h2-9,14,19,39H,10-13H2,1H3,(H,29,36)(H3,28,30,31,32,33). The first-order valence-corrected chi connectivity index (χ1v) is 12.7. The molecule has 204 valence electrons. The quantitative estimate of drug-likeness (QED) is 0.242. The average Bonchev–Trinajstić information content (AvgIpc) is 3.58. The smallest absolute Gasteiger partial charge is 0.271 e. The molecule has 0 bridgehead atoms. The molecule has 0 radical (unpaired) electrons. The van der Waals surface area contributed by atoms with Crippen molar-refractivity contribution in [3.63, 3.8) is 0 Å². The van der Waals surface area contributed by atoms with Gasteiger partial charge in [0.1, 0.15) is 12.6 Å². The summed E-state index contributed by atoms with van der Waals surface area (Å²) in [5.74, 6) is -0.852. The predicted molar refractivity (Wildman–Crippen MR) is 140 cm³/mol. The number of H-pyrrole nitrogens is 1. The summed E-state index contributed by atoms with van der Waals surface area (Å²) in [6.07, 6.45) is 1.59. The van der Waals surface area contributed by atoms with Crippen molar-refractivity contribution in [3.05, 3.63) is 77.1 Å². The second-order valence-electron chi connectivity index (χ2n) is 9.81. The van der Waals surface area contributed by atoms with E-state index in [0.717, 1.165) is 11.1 Å². The van der Waals surface area contributed by atoms with Crippen LogP contribution in [0.4, 0.5) is 5.95 Å². The van der Waals surface area contributed by atoms with Crippen molar-refractivity contribution in [2.45, 2.75) is 44.6 Å². The van der Waals surface area contributed by atoms with E-state index in [1.54, 1.807) is 31.2 Å². The molecule has 5 N–H and O–H groups in total. The SMILES string of the molecule is CC12c3ccccc3C(=O)N1C(CCC(=O)NCc1ccc(COc3nc(N)nc4[nH]cnc34)cc1)C(=O)N2O. The number of hydroxylamine groups is 2. The highest BCUT2D eigenvalue weighted by molar-refractivity contribution is 6.05. The Bertz CT molecular complexity index is 1640. The number of aromatic amines is 1. The molecule has 2 aromatic carbocycles. The molecule has 13 nitrogen and oxygen atoms in total. The number of rotatable bonds is 8. The molecule has 4 heterocycles. The Hall–Kier alpha value is -5.04. The molecule has 3 amide bonds. The van der Waals surface area contributed by atoms with Crippen molar-refractivity contribution < 1.29 is 24.3 Å². The summed E-state index contributed by atoms with van der Waals surface area (Å²) in [5.41, 5.74) is 8.16. The molecule has 2 unspecified atom stereocenters. The predicted octanol–water partition coefficient (Wildman–Crippen LogP) is 1.84. The highest BCUT2D eigenvalue weighted by atomic mass is 16.5. The van der Waals surface area contributed by atoms with Gasteiger partial charge in [-0.1, -0.05) is 42.5 Å². The van der Waals surface area contributed by atoms with Gasteiger partial charge >= 0.3 is 0 Å². The Morgan fingerprint density at radius 2 is 1.90 bits per heavy atom. The van der Waals surface area contributed by atoms with E-state index in [4.69, 9.17) is 10.5 Å². The minimum absolute atomic E-state index is 0.0100. The Labute approximate surface area is 227 Å². The highest BCUT2D eigenvalue weighted by Gasteiger charge is 2.62. The van der Waals surface area contributed by atoms with Crippen molar-refractivity contribution in [1.29, 1.82) is 0 Å². The molecule has 13 heteroatoms. The summed E-state index contributed by atoms with van der Waals surface area (Å²) in [5, 5.41) is 14.1. The third-order valence-corrected chi connectivity index (χ3v) is 7.37. The number of hydrogen-bond donors (Lipinski definition) is 4. The molecule has 40 heavy (non-hydrogen) atoms. The zero-order chi connectivity index (χ0) is 28.0. The maximum atomic E-state index is 13.1. The molecule has 0 saturated carbocycles. The Kier molecular flexibility index (Phi) is 6.07. The normalized spacial score (nSPS) is 19.7. The van der Waals surface area contributed by atoms with Crippen LogP contribution in [0.2, 0.25) is 0 Å². The van der Waals surface area contributed by atoms with Crippen LogP contribution in [0.25, 0.3) is 11.2 Å². The van der Waals surface area contributed by atoms with E-state index in [-0.39, 0.29) is 49.6 Å². The number of imidazole rings is 1. The van der Waals surface area contributed by atoms with Crippen LogP contribution in [0.15, 0.2) is 54.9 Å². The zero-order valence-corrected chi connectivity index (χ0v) is 21.5. The molecule has 4 aromatic rings. The van der Waals surface area contributed by atoms with Crippen LogP contribution in [0.3, 0.4) is 0 Å². The molecule has 0 spiro atoms. The molecular weight excluding hydrogens is 516 g/mol. The lowest BCUT2D eigenvalue weighted by Crippen LogP contribution is -2.46. The molecule has 2 aromatic heterocycles. The number of anilines is 1. The van der Waals surface area contributed by atoms with E-state index in [1.807, 2.05) is 24.3 Å². The second kappa shape index (κ2) is 9.61. The summed E-state index contributed by atoms with van der Waals surface area (Å²) in [7, 11) is 0. The van der Waals surface area contributed by atoms with Gasteiger partial charge in [0.15, 0.2) is 16.8 Å². The summed E-state index contributed by atoms with van der Waals surface area (Å²) in [4.78, 5) is 55.1. The third kappa shape index (κ3) is 4.07. The molecule has 0 aliphatic carbocycles. The number of nitrogen functional groups attached to an aromatic ring is 1. The van der Waals surface area contributed by atoms with Gasteiger partial charge in [0, 0.05) is 24.1 Å². The third-order valence-electron chi connectivity index (χ3n) is 7.37. The number of amides is 3. The fourth-order valence-corrected chi connectivity index (χ4v) is 5.31. The number of aromatic nitrogens is 4. The Balaban J connectivity index is 1.02. The van der Waals surface area contributed by atoms with Crippen LogP contribution < -0.4 is 15.8 Å². The van der Waals surface area contributed by atoms with Gasteiger partial charge in [0.2, 0.25) is 17.7 Å². The molecule has 2 aliphatic heterocycles. The lowest BCUT2D eigenvalue weighted by Gasteiger charge is -2.33. The van der Waals surface area contributed by atoms with Crippen molar-refractivity contribution in [3.8, 4) is 5.88 Å². The van der Waals surface area contributed by atoms with E-state index in [2.05, 4.69) is 25.3 Å². The Morgan fingerprint density at radius 3 is 2.70 bits per heavy atom. The van der Waals surface area contributed by atoms with Crippen molar-refractivity contribution in [1.82, 2.24) is 35.2 Å². The van der Waals surface area contributed by atoms with Gasteiger partial charge in [-0.25, -0.2) is 4.98 Å². The van der Waals surface area contributed by atoms with Gasteiger partial charge in [0.25, 0.3) is 11.8 Å². The topological polar surface area (TPSA) is 180 Å². The number of nitrogens with two attached hydrogens (primary N) is 1. The number of fused-ring (bicyclic) bond motifs is 4. The number of carbonyl (C=O) groups is 3. The van der Waals surface area contributed by atoms with Crippen LogP contribution >= 0.6 is 0 Å². The first-order valence-electron chi connectivity index (χ1n) is 12.7. The van der Waals surface area contributed by atoms with Crippen LogP contribution in [0.5, 0.6) is 5.88 Å². The van der Waals surface area contributed by atoms with E-state index < -0.39 is 17.6 Å². The minimum Gasteiger partial charge on any atom is -0.471 e. The van der Waals surface area contributed by atoms with Gasteiger partial charge in [-0.3, -0.25) is 24.5 Å². The number of hydrogen-bond acceptors (Lipinski definition) is 9. The summed E-state index contributed by atoms with van der Waals surface area (Å²) >= 11 is 0. The summed E-state index contributed by atoms with van der Waals surface area (Å²) in [6.45, 7) is 2.15. The van der Waals surface area contributed by atoms with Gasteiger partial charge in [-0.05, 0) is 30.5 Å². The summed E-state index contributed by atoms with van der Waals surface area (Å²) < 4.78 is 5.78. The van der Waals surface area contributed by atoms with Crippen molar-refractivity contribution in [2.75, 3.05) is 5.73 Å². The minimum atomic E-state index is -1.29. The largest absolute Gasteiger partial charge is 0.471 e.